The maximum Gasteiger partial charge on any atom is 0.354 e. The number of nitrogens with one attached hydrogen (secondary N) is 1. The number of ether oxygens (including phenoxy) is 1. The minimum absolute atomic E-state index is 0.0570. The summed E-state index contributed by atoms with van der Waals surface area (Å²) in [6, 6.07) is 9.22. The molecule has 128 valence electrons. The molecular formula is C18H22N2O4. The Morgan fingerprint density at radius 2 is 2.12 bits per heavy atom. The molecule has 0 amide bonds. The quantitative estimate of drug-likeness (QED) is 0.783. The monoisotopic (exact) mass is 330 g/mol. The first kappa shape index (κ1) is 16.7. The third-order valence-corrected chi connectivity index (χ3v) is 4.71. The second kappa shape index (κ2) is 6.75. The second-order valence-electron chi connectivity index (χ2n) is 6.35. The van der Waals surface area contributed by atoms with Crippen molar-refractivity contribution in [1.82, 2.24) is 9.97 Å². The highest BCUT2D eigenvalue weighted by Crippen LogP contribution is 2.41. The van der Waals surface area contributed by atoms with Crippen LogP contribution in [0.25, 0.3) is 11.3 Å². The van der Waals surface area contributed by atoms with E-state index in [0.29, 0.717) is 17.9 Å². The molecule has 1 aliphatic carbocycles. The van der Waals surface area contributed by atoms with Crippen LogP contribution in [-0.4, -0.2) is 45.5 Å². The first-order chi connectivity index (χ1) is 11.5. The summed E-state index contributed by atoms with van der Waals surface area (Å²) in [6.07, 6.45) is 3.27. The van der Waals surface area contributed by atoms with Gasteiger partial charge in [0.2, 0.25) is 0 Å². The number of nitrogens with zero attached hydrogens (tertiary/aromatic N) is 1. The Balaban J connectivity index is 2.04. The van der Waals surface area contributed by atoms with E-state index in [2.05, 4.69) is 9.97 Å². The predicted molar refractivity (Wildman–Crippen MR) is 89.0 cm³/mol. The molecule has 2 aromatic rings. The number of aliphatic hydroxyl groups is 1. The SMILES string of the molecule is COC[C@]1(O)CCCC[C@@H]1c1nc(-c2ccccc2)c(C(=O)O)[nH]1. The first-order valence-corrected chi connectivity index (χ1v) is 8.15. The summed E-state index contributed by atoms with van der Waals surface area (Å²) in [7, 11) is 1.56. The number of aromatic nitrogens is 2. The molecule has 2 atom stereocenters. The van der Waals surface area contributed by atoms with E-state index in [0.717, 1.165) is 24.8 Å². The molecule has 1 heterocycles. The number of imidazole rings is 1. The molecule has 1 saturated carbocycles. The number of hydrogen-bond acceptors (Lipinski definition) is 4. The van der Waals surface area contributed by atoms with Gasteiger partial charge >= 0.3 is 5.97 Å². The molecule has 0 unspecified atom stereocenters. The molecule has 1 aromatic heterocycles. The van der Waals surface area contributed by atoms with E-state index < -0.39 is 11.6 Å². The fourth-order valence-electron chi connectivity index (χ4n) is 3.55. The highest BCUT2D eigenvalue weighted by Gasteiger charge is 2.42. The van der Waals surface area contributed by atoms with E-state index in [1.807, 2.05) is 30.3 Å². The number of carbonyl (C=O) groups is 1. The Morgan fingerprint density at radius 1 is 1.38 bits per heavy atom. The molecular weight excluding hydrogens is 308 g/mol. The average molecular weight is 330 g/mol. The number of carboxylic acid groups (broad SMARTS) is 1. The molecule has 0 spiro atoms. The molecule has 24 heavy (non-hydrogen) atoms. The number of carboxylic acids is 1. The summed E-state index contributed by atoms with van der Waals surface area (Å²) in [6.45, 7) is 0.210. The largest absolute Gasteiger partial charge is 0.477 e. The molecule has 3 N–H and O–H groups in total. The van der Waals surface area contributed by atoms with Crippen LogP contribution in [0, 0.1) is 0 Å². The average Bonchev–Trinajstić information content (AvgIpc) is 3.01. The molecule has 1 fully saturated rings. The van der Waals surface area contributed by atoms with Crippen molar-refractivity contribution in [2.45, 2.75) is 37.2 Å². The van der Waals surface area contributed by atoms with Crippen LogP contribution in [0.5, 0.6) is 0 Å². The smallest absolute Gasteiger partial charge is 0.354 e. The second-order valence-corrected chi connectivity index (χ2v) is 6.35. The first-order valence-electron chi connectivity index (χ1n) is 8.15. The Bertz CT molecular complexity index is 709. The van der Waals surface area contributed by atoms with Crippen LogP contribution < -0.4 is 0 Å². The van der Waals surface area contributed by atoms with Crippen LogP contribution in [0.2, 0.25) is 0 Å². The predicted octanol–water partition coefficient (Wildman–Crippen LogP) is 2.81. The van der Waals surface area contributed by atoms with Crippen LogP contribution in [-0.2, 0) is 4.74 Å². The standard InChI is InChI=1S/C18H22N2O4/c1-24-11-18(23)10-6-5-9-13(18)16-19-14(15(20-16)17(21)22)12-7-3-2-4-8-12/h2-4,7-8,13,23H,5-6,9-11H2,1H3,(H,19,20)(H,21,22)/t13-,18-/m1/s1. The van der Waals surface area contributed by atoms with Crippen LogP contribution in [0.3, 0.4) is 0 Å². The van der Waals surface area contributed by atoms with Crippen molar-refractivity contribution in [2.75, 3.05) is 13.7 Å². The maximum atomic E-state index is 11.6. The zero-order valence-corrected chi connectivity index (χ0v) is 13.7. The number of aromatic amines is 1. The van der Waals surface area contributed by atoms with Gasteiger partial charge in [0.15, 0.2) is 5.69 Å². The summed E-state index contributed by atoms with van der Waals surface area (Å²) in [4.78, 5) is 19.1. The minimum atomic E-state index is -1.06. The van der Waals surface area contributed by atoms with Crippen molar-refractivity contribution in [3.05, 3.63) is 41.9 Å². The third kappa shape index (κ3) is 3.07. The van der Waals surface area contributed by atoms with Gasteiger partial charge in [-0.1, -0.05) is 43.2 Å². The maximum absolute atomic E-state index is 11.6. The summed E-state index contributed by atoms with van der Waals surface area (Å²) in [5.41, 5.74) is 0.183. The highest BCUT2D eigenvalue weighted by atomic mass is 16.5. The number of hydrogen-bond donors (Lipinski definition) is 3. The molecule has 0 aliphatic heterocycles. The lowest BCUT2D eigenvalue weighted by Gasteiger charge is -2.38. The fourth-order valence-corrected chi connectivity index (χ4v) is 3.55. The molecule has 6 nitrogen and oxygen atoms in total. The number of benzene rings is 1. The Morgan fingerprint density at radius 3 is 2.79 bits per heavy atom. The van der Waals surface area contributed by atoms with Gasteiger partial charge in [0.05, 0.1) is 12.2 Å². The van der Waals surface area contributed by atoms with Crippen LogP contribution in [0.15, 0.2) is 30.3 Å². The van der Waals surface area contributed by atoms with Crippen molar-refractivity contribution in [3.63, 3.8) is 0 Å². The van der Waals surface area contributed by atoms with E-state index >= 15 is 0 Å². The lowest BCUT2D eigenvalue weighted by Crippen LogP contribution is -2.43. The van der Waals surface area contributed by atoms with Gasteiger partial charge in [-0.3, -0.25) is 0 Å². The Kier molecular flexibility index (Phi) is 4.69. The summed E-state index contributed by atoms with van der Waals surface area (Å²) in [5, 5.41) is 20.5. The number of rotatable bonds is 5. The summed E-state index contributed by atoms with van der Waals surface area (Å²) >= 11 is 0. The number of H-pyrrole nitrogens is 1. The lowest BCUT2D eigenvalue weighted by molar-refractivity contribution is -0.0732. The van der Waals surface area contributed by atoms with Gasteiger partial charge in [-0.2, -0.15) is 0 Å². The van der Waals surface area contributed by atoms with Crippen molar-refractivity contribution < 1.29 is 19.7 Å². The summed E-state index contributed by atoms with van der Waals surface area (Å²) < 4.78 is 5.20. The van der Waals surface area contributed by atoms with Crippen molar-refractivity contribution >= 4 is 5.97 Å². The van der Waals surface area contributed by atoms with Gasteiger partial charge in [0, 0.05) is 18.6 Å². The van der Waals surface area contributed by atoms with Gasteiger partial charge in [-0.25, -0.2) is 9.78 Å². The van der Waals surface area contributed by atoms with E-state index in [4.69, 9.17) is 4.74 Å². The van der Waals surface area contributed by atoms with Crippen molar-refractivity contribution in [3.8, 4) is 11.3 Å². The Hall–Kier alpha value is -2.18. The molecule has 3 rings (SSSR count). The third-order valence-electron chi connectivity index (χ3n) is 4.71. The minimum Gasteiger partial charge on any atom is -0.477 e. The van der Waals surface area contributed by atoms with Gasteiger partial charge in [-0.15, -0.1) is 0 Å². The fraction of sp³-hybridized carbons (Fsp3) is 0.444. The zero-order valence-electron chi connectivity index (χ0n) is 13.7. The number of aromatic carboxylic acids is 1. The molecule has 1 aromatic carbocycles. The number of methoxy groups -OCH3 is 1. The molecule has 6 heteroatoms. The van der Waals surface area contributed by atoms with Gasteiger partial charge in [0.25, 0.3) is 0 Å². The van der Waals surface area contributed by atoms with Crippen molar-refractivity contribution in [1.29, 1.82) is 0 Å². The molecule has 1 aliphatic rings. The highest BCUT2D eigenvalue weighted by molar-refractivity contribution is 5.93. The molecule has 0 bridgehead atoms. The van der Waals surface area contributed by atoms with Crippen LogP contribution in [0.4, 0.5) is 0 Å². The van der Waals surface area contributed by atoms with E-state index in [9.17, 15) is 15.0 Å². The molecule has 0 radical (unpaired) electrons. The van der Waals surface area contributed by atoms with Gasteiger partial charge < -0.3 is 19.9 Å². The van der Waals surface area contributed by atoms with Gasteiger partial charge in [-0.05, 0) is 12.8 Å². The van der Waals surface area contributed by atoms with E-state index in [1.54, 1.807) is 7.11 Å². The molecule has 0 saturated heterocycles. The summed E-state index contributed by atoms with van der Waals surface area (Å²) in [5.74, 6) is -0.800. The lowest BCUT2D eigenvalue weighted by atomic mass is 9.75. The van der Waals surface area contributed by atoms with Gasteiger partial charge in [0.1, 0.15) is 11.5 Å². The van der Waals surface area contributed by atoms with Crippen LogP contribution in [0.1, 0.15) is 47.9 Å². The topological polar surface area (TPSA) is 95.4 Å². The van der Waals surface area contributed by atoms with E-state index in [1.165, 1.54) is 0 Å². The van der Waals surface area contributed by atoms with Crippen molar-refractivity contribution in [2.24, 2.45) is 0 Å². The normalized spacial score (nSPS) is 24.0. The zero-order chi connectivity index (χ0) is 17.2. The Labute approximate surface area is 140 Å². The van der Waals surface area contributed by atoms with E-state index in [-0.39, 0.29) is 18.2 Å². The van der Waals surface area contributed by atoms with Crippen LogP contribution >= 0.6 is 0 Å².